The number of benzene rings is 1. The van der Waals surface area contributed by atoms with E-state index >= 15 is 0 Å². The minimum atomic E-state index is -0.870. The van der Waals surface area contributed by atoms with Crippen LogP contribution in [0.5, 0.6) is 0 Å². The maximum absolute atomic E-state index is 12.1. The summed E-state index contributed by atoms with van der Waals surface area (Å²) in [4.78, 5) is 23.5. The summed E-state index contributed by atoms with van der Waals surface area (Å²) in [5, 5.41) is 13.1. The molecule has 1 saturated carbocycles. The first kappa shape index (κ1) is 14.6. The number of rotatable bonds is 5. The van der Waals surface area contributed by atoms with Gasteiger partial charge < -0.3 is 14.8 Å². The lowest BCUT2D eigenvalue weighted by Gasteiger charge is -2.37. The molecule has 1 aliphatic carbocycles. The van der Waals surface area contributed by atoms with Crippen molar-refractivity contribution in [1.29, 1.82) is 0 Å². The van der Waals surface area contributed by atoms with Crippen LogP contribution in [0.1, 0.15) is 44.4 Å². The number of nitrogens with one attached hydrogen (secondary N) is 1. The molecule has 0 spiro atoms. The third kappa shape index (κ3) is 2.58. The Morgan fingerprint density at radius 2 is 2.09 bits per heavy atom. The number of para-hydroxylation sites is 1. The number of hydrogen-bond acceptors (Lipinski definition) is 3. The van der Waals surface area contributed by atoms with Gasteiger partial charge in [0.25, 0.3) is 0 Å². The zero-order valence-corrected chi connectivity index (χ0v) is 12.5. The smallest absolute Gasteiger partial charge is 0.310 e. The summed E-state index contributed by atoms with van der Waals surface area (Å²) < 4.78 is 5.72. The maximum atomic E-state index is 12.1. The van der Waals surface area contributed by atoms with Gasteiger partial charge in [-0.15, -0.1) is 0 Å². The van der Waals surface area contributed by atoms with Gasteiger partial charge in [0.15, 0.2) is 0 Å². The number of furan rings is 1. The van der Waals surface area contributed by atoms with E-state index in [0.717, 1.165) is 17.4 Å². The third-order valence-electron chi connectivity index (χ3n) is 4.51. The number of amides is 1. The van der Waals surface area contributed by atoms with Gasteiger partial charge in [0, 0.05) is 11.8 Å². The van der Waals surface area contributed by atoms with Crippen LogP contribution < -0.4 is 5.32 Å². The van der Waals surface area contributed by atoms with E-state index < -0.39 is 11.4 Å². The average Bonchev–Trinajstić information content (AvgIpc) is 2.86. The molecule has 1 amide bonds. The topological polar surface area (TPSA) is 79.5 Å². The highest BCUT2D eigenvalue weighted by Crippen LogP contribution is 2.44. The van der Waals surface area contributed by atoms with Crippen LogP contribution in [0, 0.1) is 5.41 Å². The number of carboxylic acid groups (broad SMARTS) is 1. The summed E-state index contributed by atoms with van der Waals surface area (Å²) in [6.07, 6.45) is 2.06. The van der Waals surface area contributed by atoms with Crippen molar-refractivity contribution in [3.8, 4) is 0 Å². The van der Waals surface area contributed by atoms with E-state index in [0.29, 0.717) is 18.6 Å². The Balaban J connectivity index is 1.67. The highest BCUT2D eigenvalue weighted by atomic mass is 16.4. The highest BCUT2D eigenvalue weighted by molar-refractivity contribution is 5.86. The molecule has 1 aromatic heterocycles. The number of fused-ring (bicyclic) bond motifs is 1. The molecule has 0 radical (unpaired) electrons. The van der Waals surface area contributed by atoms with Gasteiger partial charge in [-0.3, -0.25) is 9.59 Å². The molecule has 1 atom stereocenters. The molecular formula is C17H19NO4. The predicted molar refractivity (Wildman–Crippen MR) is 81.3 cm³/mol. The Bertz CT molecular complexity index is 681. The standard InChI is InChI=1S/C17H19NO4/c1-11(14-9-12-5-2-3-6-13(12)22-14)18-15(19)10-17(16(20)21)7-4-8-17/h2-3,5-6,9,11H,4,7-8,10H2,1H3,(H,18,19)(H,20,21)/t11-/m0/s1. The molecule has 116 valence electrons. The van der Waals surface area contributed by atoms with Gasteiger partial charge in [0.05, 0.1) is 11.5 Å². The van der Waals surface area contributed by atoms with Gasteiger partial charge in [-0.2, -0.15) is 0 Å². The van der Waals surface area contributed by atoms with E-state index in [1.54, 1.807) is 0 Å². The quantitative estimate of drug-likeness (QED) is 0.888. The SMILES string of the molecule is C[C@H](NC(=O)CC1(C(=O)O)CCC1)c1cc2ccccc2o1. The summed E-state index contributed by atoms with van der Waals surface area (Å²) in [6, 6.07) is 9.26. The van der Waals surface area contributed by atoms with Crippen molar-refractivity contribution >= 4 is 22.8 Å². The lowest BCUT2D eigenvalue weighted by molar-refractivity contribution is -0.157. The van der Waals surface area contributed by atoms with E-state index in [1.165, 1.54) is 0 Å². The van der Waals surface area contributed by atoms with Crippen LogP contribution in [0.25, 0.3) is 11.0 Å². The monoisotopic (exact) mass is 301 g/mol. The van der Waals surface area contributed by atoms with Crippen molar-refractivity contribution in [3.63, 3.8) is 0 Å². The molecule has 1 aromatic carbocycles. The van der Waals surface area contributed by atoms with E-state index in [-0.39, 0.29) is 18.4 Å². The fourth-order valence-electron chi connectivity index (χ4n) is 2.96. The molecule has 0 unspecified atom stereocenters. The van der Waals surface area contributed by atoms with Gasteiger partial charge in [-0.05, 0) is 31.9 Å². The Labute approximate surface area is 128 Å². The Kier molecular flexibility index (Phi) is 3.64. The number of carbonyl (C=O) groups is 2. The van der Waals surface area contributed by atoms with E-state index in [2.05, 4.69) is 5.32 Å². The summed E-state index contributed by atoms with van der Waals surface area (Å²) in [5.41, 5.74) is -0.0860. The second kappa shape index (κ2) is 5.48. The first-order valence-electron chi connectivity index (χ1n) is 7.51. The summed E-state index contributed by atoms with van der Waals surface area (Å²) in [7, 11) is 0. The van der Waals surface area contributed by atoms with Crippen molar-refractivity contribution in [3.05, 3.63) is 36.1 Å². The van der Waals surface area contributed by atoms with Crippen LogP contribution in [0.4, 0.5) is 0 Å². The number of carbonyl (C=O) groups excluding carboxylic acids is 1. The van der Waals surface area contributed by atoms with Crippen LogP contribution in [0.15, 0.2) is 34.7 Å². The predicted octanol–water partition coefficient (Wildman–Crippen LogP) is 3.26. The normalized spacial score (nSPS) is 17.7. The van der Waals surface area contributed by atoms with Crippen LogP contribution in [-0.2, 0) is 9.59 Å². The Morgan fingerprint density at radius 3 is 2.68 bits per heavy atom. The molecule has 2 N–H and O–H groups in total. The number of carboxylic acids is 1. The Hall–Kier alpha value is -2.30. The number of hydrogen-bond donors (Lipinski definition) is 2. The van der Waals surface area contributed by atoms with Crippen molar-refractivity contribution in [1.82, 2.24) is 5.32 Å². The van der Waals surface area contributed by atoms with Crippen LogP contribution in [0.2, 0.25) is 0 Å². The van der Waals surface area contributed by atoms with E-state index in [9.17, 15) is 14.7 Å². The molecule has 2 aromatic rings. The zero-order chi connectivity index (χ0) is 15.7. The molecule has 1 aliphatic rings. The zero-order valence-electron chi connectivity index (χ0n) is 12.5. The first-order valence-corrected chi connectivity index (χ1v) is 7.51. The van der Waals surface area contributed by atoms with Gasteiger partial charge >= 0.3 is 5.97 Å². The summed E-state index contributed by atoms with van der Waals surface area (Å²) in [5.74, 6) is -0.437. The average molecular weight is 301 g/mol. The molecule has 5 heteroatoms. The summed E-state index contributed by atoms with van der Waals surface area (Å²) >= 11 is 0. The maximum Gasteiger partial charge on any atom is 0.310 e. The van der Waals surface area contributed by atoms with Gasteiger partial charge in [0.1, 0.15) is 11.3 Å². The molecule has 1 heterocycles. The third-order valence-corrected chi connectivity index (χ3v) is 4.51. The molecule has 0 bridgehead atoms. The molecule has 0 saturated heterocycles. The van der Waals surface area contributed by atoms with Crippen molar-refractivity contribution in [2.24, 2.45) is 5.41 Å². The van der Waals surface area contributed by atoms with Gasteiger partial charge in [-0.1, -0.05) is 24.6 Å². The lowest BCUT2D eigenvalue weighted by atomic mass is 9.66. The van der Waals surface area contributed by atoms with Crippen LogP contribution in [0.3, 0.4) is 0 Å². The minimum Gasteiger partial charge on any atom is -0.481 e. The second-order valence-electron chi connectivity index (χ2n) is 6.09. The molecule has 0 aliphatic heterocycles. The van der Waals surface area contributed by atoms with Crippen molar-refractivity contribution in [2.45, 2.75) is 38.6 Å². The fourth-order valence-corrected chi connectivity index (χ4v) is 2.96. The molecular weight excluding hydrogens is 282 g/mol. The summed E-state index contributed by atoms with van der Waals surface area (Å²) in [6.45, 7) is 1.84. The van der Waals surface area contributed by atoms with Crippen molar-refractivity contribution < 1.29 is 19.1 Å². The fraction of sp³-hybridized carbons (Fsp3) is 0.412. The first-order chi connectivity index (χ1) is 10.5. The van der Waals surface area contributed by atoms with Crippen LogP contribution >= 0.6 is 0 Å². The molecule has 1 fully saturated rings. The molecule has 22 heavy (non-hydrogen) atoms. The number of aliphatic carboxylic acids is 1. The Morgan fingerprint density at radius 1 is 1.36 bits per heavy atom. The van der Waals surface area contributed by atoms with Crippen molar-refractivity contribution in [2.75, 3.05) is 0 Å². The largest absolute Gasteiger partial charge is 0.481 e. The highest BCUT2D eigenvalue weighted by Gasteiger charge is 2.46. The molecule has 3 rings (SSSR count). The van der Waals surface area contributed by atoms with Gasteiger partial charge in [-0.25, -0.2) is 0 Å². The van der Waals surface area contributed by atoms with E-state index in [1.807, 2.05) is 37.3 Å². The lowest BCUT2D eigenvalue weighted by Crippen LogP contribution is -2.42. The van der Waals surface area contributed by atoms with Gasteiger partial charge in [0.2, 0.25) is 5.91 Å². The molecule has 5 nitrogen and oxygen atoms in total. The minimum absolute atomic E-state index is 0.0346. The van der Waals surface area contributed by atoms with E-state index in [4.69, 9.17) is 4.42 Å². The van der Waals surface area contributed by atoms with Crippen LogP contribution in [-0.4, -0.2) is 17.0 Å². The second-order valence-corrected chi connectivity index (χ2v) is 6.09.